The molecule has 1 fully saturated rings. The highest BCUT2D eigenvalue weighted by atomic mass is 79.9. The number of aromatic nitrogens is 1. The number of nitrogens with zero attached hydrogens (tertiary/aromatic N) is 1. The zero-order chi connectivity index (χ0) is 12.1. The van der Waals surface area contributed by atoms with Gasteiger partial charge in [0.05, 0.1) is 10.6 Å². The molecular formula is C12H15BrN2O2. The second-order valence-electron chi connectivity index (χ2n) is 4.06. The lowest BCUT2D eigenvalue weighted by Gasteiger charge is -2.09. The molecule has 1 atom stereocenters. The fourth-order valence-electron chi connectivity index (χ4n) is 1.84. The van der Waals surface area contributed by atoms with Crippen molar-refractivity contribution in [2.45, 2.75) is 31.8 Å². The molecule has 2 rings (SSSR count). The van der Waals surface area contributed by atoms with E-state index in [1.54, 1.807) is 6.20 Å². The number of rotatable bonds is 4. The van der Waals surface area contributed by atoms with Gasteiger partial charge < -0.3 is 10.1 Å². The molecule has 1 aromatic rings. The lowest BCUT2D eigenvalue weighted by atomic mass is 10.1. The molecule has 1 aliphatic rings. The number of halogens is 1. The van der Waals surface area contributed by atoms with E-state index in [1.165, 1.54) is 0 Å². The third kappa shape index (κ3) is 3.78. The molecule has 92 valence electrons. The van der Waals surface area contributed by atoms with Gasteiger partial charge in [-0.2, -0.15) is 0 Å². The standard InChI is InChI=1S/C12H15BrN2O2/c13-10-4-1-7-14-12(10)15-11(16)6-5-9-3-2-8-17-9/h1,4,7,9H,2-3,5-6,8H2,(H,14,15,16). The summed E-state index contributed by atoms with van der Waals surface area (Å²) in [6.07, 6.45) is 5.36. The SMILES string of the molecule is O=C(CCC1CCCO1)Nc1ncccc1Br. The normalized spacial score (nSPS) is 19.2. The minimum atomic E-state index is -0.0140. The summed E-state index contributed by atoms with van der Waals surface area (Å²) < 4.78 is 6.27. The zero-order valence-corrected chi connectivity index (χ0v) is 11.1. The molecule has 17 heavy (non-hydrogen) atoms. The summed E-state index contributed by atoms with van der Waals surface area (Å²) in [4.78, 5) is 15.8. The van der Waals surface area contributed by atoms with E-state index in [4.69, 9.17) is 4.74 Å². The number of amides is 1. The molecule has 1 saturated heterocycles. The van der Waals surface area contributed by atoms with Gasteiger partial charge in [-0.15, -0.1) is 0 Å². The van der Waals surface area contributed by atoms with E-state index in [0.29, 0.717) is 12.2 Å². The highest BCUT2D eigenvalue weighted by Crippen LogP contribution is 2.20. The van der Waals surface area contributed by atoms with E-state index in [1.807, 2.05) is 12.1 Å². The van der Waals surface area contributed by atoms with Crippen LogP contribution in [0.5, 0.6) is 0 Å². The molecule has 1 unspecified atom stereocenters. The molecule has 2 heterocycles. The van der Waals surface area contributed by atoms with Crippen molar-refractivity contribution in [2.75, 3.05) is 11.9 Å². The Labute approximate surface area is 109 Å². The fraction of sp³-hybridized carbons (Fsp3) is 0.500. The van der Waals surface area contributed by atoms with Crippen LogP contribution in [0.15, 0.2) is 22.8 Å². The molecule has 0 radical (unpaired) electrons. The number of carbonyl (C=O) groups is 1. The first-order chi connectivity index (χ1) is 8.25. The van der Waals surface area contributed by atoms with Gasteiger partial charge in [-0.05, 0) is 47.3 Å². The number of nitrogens with one attached hydrogen (secondary N) is 1. The van der Waals surface area contributed by atoms with Crippen LogP contribution in [0.4, 0.5) is 5.82 Å². The molecule has 4 nitrogen and oxygen atoms in total. The molecule has 5 heteroatoms. The van der Waals surface area contributed by atoms with Gasteiger partial charge in [0.25, 0.3) is 0 Å². The fourth-order valence-corrected chi connectivity index (χ4v) is 2.19. The number of pyridine rings is 1. The molecule has 1 N–H and O–H groups in total. The first kappa shape index (κ1) is 12.5. The third-order valence-corrected chi connectivity index (χ3v) is 3.37. The van der Waals surface area contributed by atoms with Crippen LogP contribution in [0, 0.1) is 0 Å². The molecule has 1 amide bonds. The topological polar surface area (TPSA) is 51.2 Å². The maximum Gasteiger partial charge on any atom is 0.225 e. The summed E-state index contributed by atoms with van der Waals surface area (Å²) in [6, 6.07) is 3.66. The Bertz CT molecular complexity index is 392. The van der Waals surface area contributed by atoms with Crippen LogP contribution >= 0.6 is 15.9 Å². The molecule has 0 saturated carbocycles. The van der Waals surface area contributed by atoms with Crippen molar-refractivity contribution in [3.05, 3.63) is 22.8 Å². The Morgan fingerprint density at radius 2 is 2.53 bits per heavy atom. The van der Waals surface area contributed by atoms with Crippen molar-refractivity contribution in [2.24, 2.45) is 0 Å². The van der Waals surface area contributed by atoms with Gasteiger partial charge in [0.2, 0.25) is 5.91 Å². The number of hydrogen-bond donors (Lipinski definition) is 1. The van der Waals surface area contributed by atoms with Crippen molar-refractivity contribution in [3.63, 3.8) is 0 Å². The summed E-state index contributed by atoms with van der Waals surface area (Å²) in [5.74, 6) is 0.560. The van der Waals surface area contributed by atoms with E-state index in [-0.39, 0.29) is 12.0 Å². The minimum absolute atomic E-state index is 0.0140. The van der Waals surface area contributed by atoms with Crippen LogP contribution in [0.3, 0.4) is 0 Å². The number of anilines is 1. The van der Waals surface area contributed by atoms with Gasteiger partial charge in [-0.3, -0.25) is 4.79 Å². The lowest BCUT2D eigenvalue weighted by molar-refractivity contribution is -0.116. The van der Waals surface area contributed by atoms with E-state index in [9.17, 15) is 4.79 Å². The van der Waals surface area contributed by atoms with Crippen molar-refractivity contribution in [1.29, 1.82) is 0 Å². The van der Waals surface area contributed by atoms with Gasteiger partial charge in [-0.25, -0.2) is 4.98 Å². The quantitative estimate of drug-likeness (QED) is 0.930. The van der Waals surface area contributed by atoms with Crippen LogP contribution in [-0.4, -0.2) is 23.6 Å². The first-order valence-corrected chi connectivity index (χ1v) is 6.57. The average Bonchev–Trinajstić information content (AvgIpc) is 2.82. The summed E-state index contributed by atoms with van der Waals surface area (Å²) in [5, 5.41) is 2.78. The Balaban J connectivity index is 1.79. The lowest BCUT2D eigenvalue weighted by Crippen LogP contribution is -2.16. The second-order valence-corrected chi connectivity index (χ2v) is 4.91. The molecule has 1 aliphatic heterocycles. The Kier molecular flexibility index (Phi) is 4.50. The van der Waals surface area contributed by atoms with Crippen molar-refractivity contribution >= 4 is 27.7 Å². The molecule has 0 spiro atoms. The Morgan fingerprint density at radius 1 is 1.65 bits per heavy atom. The van der Waals surface area contributed by atoms with Crippen LogP contribution in [0.25, 0.3) is 0 Å². The monoisotopic (exact) mass is 298 g/mol. The third-order valence-electron chi connectivity index (χ3n) is 2.73. The summed E-state index contributed by atoms with van der Waals surface area (Å²) in [5.41, 5.74) is 0. The average molecular weight is 299 g/mol. The van der Waals surface area contributed by atoms with Crippen LogP contribution in [0.1, 0.15) is 25.7 Å². The molecule has 1 aromatic heterocycles. The second kappa shape index (κ2) is 6.12. The van der Waals surface area contributed by atoms with Gasteiger partial charge in [0, 0.05) is 19.2 Å². The van der Waals surface area contributed by atoms with Crippen molar-refractivity contribution in [1.82, 2.24) is 4.98 Å². The maximum absolute atomic E-state index is 11.7. The smallest absolute Gasteiger partial charge is 0.225 e. The van der Waals surface area contributed by atoms with E-state index in [2.05, 4.69) is 26.2 Å². The summed E-state index contributed by atoms with van der Waals surface area (Å²) in [7, 11) is 0. The summed E-state index contributed by atoms with van der Waals surface area (Å²) in [6.45, 7) is 0.831. The van der Waals surface area contributed by atoms with E-state index < -0.39 is 0 Å². The van der Waals surface area contributed by atoms with E-state index >= 15 is 0 Å². The van der Waals surface area contributed by atoms with Gasteiger partial charge >= 0.3 is 0 Å². The van der Waals surface area contributed by atoms with Gasteiger partial charge in [0.1, 0.15) is 5.82 Å². The molecule has 0 bridgehead atoms. The Morgan fingerprint density at radius 3 is 3.24 bits per heavy atom. The molecule has 0 aliphatic carbocycles. The number of hydrogen-bond acceptors (Lipinski definition) is 3. The molecular weight excluding hydrogens is 284 g/mol. The maximum atomic E-state index is 11.7. The largest absolute Gasteiger partial charge is 0.378 e. The summed E-state index contributed by atoms with van der Waals surface area (Å²) >= 11 is 3.34. The molecule has 0 aromatic carbocycles. The van der Waals surface area contributed by atoms with Crippen molar-refractivity contribution < 1.29 is 9.53 Å². The zero-order valence-electron chi connectivity index (χ0n) is 9.49. The minimum Gasteiger partial charge on any atom is -0.378 e. The number of carbonyl (C=O) groups excluding carboxylic acids is 1. The predicted molar refractivity (Wildman–Crippen MR) is 68.8 cm³/mol. The van der Waals surface area contributed by atoms with Crippen LogP contribution in [0.2, 0.25) is 0 Å². The Hall–Kier alpha value is -0.940. The highest BCUT2D eigenvalue weighted by Gasteiger charge is 2.17. The first-order valence-electron chi connectivity index (χ1n) is 5.77. The van der Waals surface area contributed by atoms with E-state index in [0.717, 1.165) is 30.3 Å². The van der Waals surface area contributed by atoms with Gasteiger partial charge in [0.15, 0.2) is 0 Å². The number of ether oxygens (including phenoxy) is 1. The highest BCUT2D eigenvalue weighted by molar-refractivity contribution is 9.10. The van der Waals surface area contributed by atoms with Crippen molar-refractivity contribution in [3.8, 4) is 0 Å². The predicted octanol–water partition coefficient (Wildman–Crippen LogP) is 2.74. The van der Waals surface area contributed by atoms with Crippen LogP contribution in [-0.2, 0) is 9.53 Å². The van der Waals surface area contributed by atoms with Crippen LogP contribution < -0.4 is 5.32 Å². The van der Waals surface area contributed by atoms with Gasteiger partial charge in [-0.1, -0.05) is 0 Å².